The van der Waals surface area contributed by atoms with Crippen molar-refractivity contribution >= 4 is 11.9 Å². The predicted octanol–water partition coefficient (Wildman–Crippen LogP) is 1.89. The standard InChI is InChI=1S/C22H34O8/c1-5-26-18(23)9-16-21(3,25)11-15-14(28-16)8-12(2)20-13(27-15)6-7-22(4)17(29-20)10-19(24)30-22/h12-17,20,25H,5-11H2,1-4H3/t12-,13+,14+,15-,16-,17+,20-,21+,22-/m1/s1. The maximum atomic E-state index is 12.0. The van der Waals surface area contributed by atoms with E-state index in [1.807, 2.05) is 6.92 Å². The van der Waals surface area contributed by atoms with Crippen LogP contribution in [0.2, 0.25) is 0 Å². The van der Waals surface area contributed by atoms with Gasteiger partial charge in [-0.1, -0.05) is 6.92 Å². The molecule has 0 aromatic heterocycles. The van der Waals surface area contributed by atoms with E-state index in [0.717, 1.165) is 0 Å². The Balaban J connectivity index is 1.50. The van der Waals surface area contributed by atoms with E-state index in [4.69, 9.17) is 23.7 Å². The maximum absolute atomic E-state index is 12.0. The average Bonchev–Trinajstić information content (AvgIpc) is 2.77. The van der Waals surface area contributed by atoms with Crippen molar-refractivity contribution in [2.75, 3.05) is 6.61 Å². The number of carbonyl (C=O) groups excluding carboxylic acids is 2. The molecule has 0 spiro atoms. The predicted molar refractivity (Wildman–Crippen MR) is 105 cm³/mol. The van der Waals surface area contributed by atoms with Crippen LogP contribution in [0.5, 0.6) is 0 Å². The Morgan fingerprint density at radius 1 is 1.20 bits per heavy atom. The summed E-state index contributed by atoms with van der Waals surface area (Å²) in [6.45, 7) is 7.80. The highest BCUT2D eigenvalue weighted by Crippen LogP contribution is 2.45. The van der Waals surface area contributed by atoms with E-state index >= 15 is 0 Å². The Hall–Kier alpha value is -1.22. The topological polar surface area (TPSA) is 101 Å². The van der Waals surface area contributed by atoms with Crippen molar-refractivity contribution in [1.82, 2.24) is 0 Å². The van der Waals surface area contributed by atoms with Crippen LogP contribution in [0.25, 0.3) is 0 Å². The molecule has 4 aliphatic heterocycles. The van der Waals surface area contributed by atoms with E-state index in [0.29, 0.717) is 32.3 Å². The van der Waals surface area contributed by atoms with Gasteiger partial charge in [-0.05, 0) is 46.0 Å². The van der Waals surface area contributed by atoms with Crippen LogP contribution >= 0.6 is 0 Å². The molecule has 0 amide bonds. The van der Waals surface area contributed by atoms with Crippen molar-refractivity contribution in [3.8, 4) is 0 Å². The van der Waals surface area contributed by atoms with Crippen LogP contribution in [0, 0.1) is 5.92 Å². The van der Waals surface area contributed by atoms with Gasteiger partial charge in [-0.2, -0.15) is 0 Å². The molecule has 4 rings (SSSR count). The van der Waals surface area contributed by atoms with E-state index in [-0.39, 0.29) is 61.2 Å². The Morgan fingerprint density at radius 2 is 1.97 bits per heavy atom. The highest BCUT2D eigenvalue weighted by atomic mass is 16.6. The Labute approximate surface area is 177 Å². The van der Waals surface area contributed by atoms with Crippen molar-refractivity contribution in [3.05, 3.63) is 0 Å². The summed E-state index contributed by atoms with van der Waals surface area (Å²) in [5.74, 6) is -0.449. The molecule has 0 saturated carbocycles. The quantitative estimate of drug-likeness (QED) is 0.683. The van der Waals surface area contributed by atoms with Gasteiger partial charge in [0.05, 0.1) is 55.6 Å². The summed E-state index contributed by atoms with van der Waals surface area (Å²) in [6.07, 6.45) is 1.00. The minimum Gasteiger partial charge on any atom is -0.466 e. The van der Waals surface area contributed by atoms with Crippen LogP contribution in [-0.2, 0) is 33.3 Å². The number of hydrogen-bond donors (Lipinski definition) is 1. The molecule has 0 aliphatic carbocycles. The number of rotatable bonds is 3. The molecule has 0 unspecified atom stereocenters. The first-order valence-electron chi connectivity index (χ1n) is 11.2. The summed E-state index contributed by atoms with van der Waals surface area (Å²) >= 11 is 0. The van der Waals surface area contributed by atoms with Crippen LogP contribution in [0.3, 0.4) is 0 Å². The van der Waals surface area contributed by atoms with Crippen LogP contribution < -0.4 is 0 Å². The molecule has 4 saturated heterocycles. The Bertz CT molecular complexity index is 678. The number of esters is 2. The van der Waals surface area contributed by atoms with Gasteiger partial charge in [0.15, 0.2) is 0 Å². The molecule has 0 aromatic carbocycles. The smallest absolute Gasteiger partial charge is 0.309 e. The number of ether oxygens (including phenoxy) is 5. The average molecular weight is 427 g/mol. The first kappa shape index (κ1) is 22.0. The van der Waals surface area contributed by atoms with Gasteiger partial charge >= 0.3 is 11.9 Å². The molecule has 30 heavy (non-hydrogen) atoms. The van der Waals surface area contributed by atoms with E-state index in [2.05, 4.69) is 6.92 Å². The van der Waals surface area contributed by atoms with Crippen molar-refractivity contribution in [1.29, 1.82) is 0 Å². The summed E-state index contributed by atoms with van der Waals surface area (Å²) in [5.41, 5.74) is -1.80. The molecule has 0 radical (unpaired) electrons. The number of hydrogen-bond acceptors (Lipinski definition) is 8. The van der Waals surface area contributed by atoms with Gasteiger partial charge in [0, 0.05) is 6.42 Å². The van der Waals surface area contributed by atoms with Crippen LogP contribution in [0.15, 0.2) is 0 Å². The van der Waals surface area contributed by atoms with Crippen molar-refractivity contribution in [3.63, 3.8) is 0 Å². The van der Waals surface area contributed by atoms with Crippen molar-refractivity contribution in [2.24, 2.45) is 5.92 Å². The summed E-state index contributed by atoms with van der Waals surface area (Å²) in [4.78, 5) is 23.9. The highest BCUT2D eigenvalue weighted by molar-refractivity contribution is 5.73. The van der Waals surface area contributed by atoms with Crippen molar-refractivity contribution < 1.29 is 38.4 Å². The van der Waals surface area contributed by atoms with Crippen LogP contribution in [0.1, 0.15) is 66.2 Å². The van der Waals surface area contributed by atoms with E-state index in [9.17, 15) is 14.7 Å². The summed E-state index contributed by atoms with van der Waals surface area (Å²) in [5, 5.41) is 11.0. The largest absolute Gasteiger partial charge is 0.466 e. The fourth-order valence-electron chi connectivity index (χ4n) is 5.48. The minimum absolute atomic E-state index is 0.0156. The lowest BCUT2D eigenvalue weighted by atomic mass is 9.83. The van der Waals surface area contributed by atoms with Gasteiger partial charge < -0.3 is 28.8 Å². The summed E-state index contributed by atoms with van der Waals surface area (Å²) < 4.78 is 29.8. The lowest BCUT2D eigenvalue weighted by Gasteiger charge is -2.45. The zero-order valence-electron chi connectivity index (χ0n) is 18.3. The maximum Gasteiger partial charge on any atom is 0.309 e. The monoisotopic (exact) mass is 426 g/mol. The molecule has 0 bridgehead atoms. The minimum atomic E-state index is -1.19. The van der Waals surface area contributed by atoms with Gasteiger partial charge in [0.25, 0.3) is 0 Å². The molecule has 170 valence electrons. The molecule has 9 atom stereocenters. The van der Waals surface area contributed by atoms with Gasteiger partial charge in [0.1, 0.15) is 11.7 Å². The van der Waals surface area contributed by atoms with Gasteiger partial charge in [-0.25, -0.2) is 0 Å². The van der Waals surface area contributed by atoms with Crippen molar-refractivity contribution in [2.45, 2.75) is 114 Å². The molecule has 4 heterocycles. The van der Waals surface area contributed by atoms with Crippen LogP contribution in [-0.4, -0.2) is 71.5 Å². The third-order valence-electron chi connectivity index (χ3n) is 7.23. The SMILES string of the molecule is CCOC(=O)C[C@H]1O[C@H]2C[C@@H](C)[C@H]3O[C@H]4CC(=O)O[C@]4(C)CC[C@@H]3O[C@@H]2C[C@]1(C)O. The lowest BCUT2D eigenvalue weighted by molar-refractivity contribution is -0.231. The molecular formula is C22H34O8. The Kier molecular flexibility index (Phi) is 5.89. The molecule has 4 aliphatic rings. The van der Waals surface area contributed by atoms with Crippen LogP contribution in [0.4, 0.5) is 0 Å². The summed E-state index contributed by atoms with van der Waals surface area (Å²) in [6, 6.07) is 0. The molecule has 4 fully saturated rings. The lowest BCUT2D eigenvalue weighted by Crippen LogP contribution is -2.55. The molecule has 0 aromatic rings. The van der Waals surface area contributed by atoms with Gasteiger partial charge in [0.2, 0.25) is 0 Å². The first-order valence-corrected chi connectivity index (χ1v) is 11.2. The third kappa shape index (κ3) is 4.11. The highest BCUT2D eigenvalue weighted by Gasteiger charge is 2.55. The van der Waals surface area contributed by atoms with Gasteiger partial charge in [-0.3, -0.25) is 9.59 Å². The second-order valence-corrected chi connectivity index (χ2v) is 9.78. The zero-order chi connectivity index (χ0) is 21.7. The number of carbonyl (C=O) groups is 2. The second-order valence-electron chi connectivity index (χ2n) is 9.78. The summed E-state index contributed by atoms with van der Waals surface area (Å²) in [7, 11) is 0. The number of fused-ring (bicyclic) bond motifs is 3. The second kappa shape index (κ2) is 8.04. The molecule has 1 N–H and O–H groups in total. The Morgan fingerprint density at radius 3 is 2.70 bits per heavy atom. The third-order valence-corrected chi connectivity index (χ3v) is 7.23. The van der Waals surface area contributed by atoms with E-state index in [1.165, 1.54) is 0 Å². The van der Waals surface area contributed by atoms with E-state index in [1.54, 1.807) is 13.8 Å². The molecule has 8 heteroatoms. The first-order chi connectivity index (χ1) is 14.1. The van der Waals surface area contributed by atoms with E-state index < -0.39 is 17.3 Å². The van der Waals surface area contributed by atoms with Gasteiger partial charge in [-0.15, -0.1) is 0 Å². The fraction of sp³-hybridized carbons (Fsp3) is 0.909. The normalized spacial score (nSPS) is 48.4. The fourth-order valence-corrected chi connectivity index (χ4v) is 5.48. The zero-order valence-corrected chi connectivity index (χ0v) is 18.3. The molecule has 8 nitrogen and oxygen atoms in total. The number of aliphatic hydroxyl groups is 1. The molecular weight excluding hydrogens is 392 g/mol.